The Morgan fingerprint density at radius 2 is 1.87 bits per heavy atom. The zero-order valence-electron chi connectivity index (χ0n) is 18.6. The summed E-state index contributed by atoms with van der Waals surface area (Å²) < 4.78 is 29.7. The largest absolute Gasteiger partial charge is 0.488 e. The van der Waals surface area contributed by atoms with Gasteiger partial charge in [-0.1, -0.05) is 26.3 Å². The zero-order chi connectivity index (χ0) is 20.7. The standard InChI is InChI=1S/C23H34N2O3S.2ClH/c1-3-5-8-19-17-20-9-6-12-24-23(20)22(18-19)28-21-10-14-25(15-11-21)13-7-16-29(26,27)4-2;;/h6,9,12,17-18,21H,3-5,7-8,10-11,13-16H2,1-2H3;2*1H. The zero-order valence-corrected chi connectivity index (χ0v) is 21.0. The molecule has 0 aliphatic carbocycles. The van der Waals surface area contributed by atoms with E-state index in [1.807, 2.05) is 12.3 Å². The predicted molar refractivity (Wildman–Crippen MR) is 134 cm³/mol. The third-order valence-electron chi connectivity index (χ3n) is 5.75. The van der Waals surface area contributed by atoms with Gasteiger partial charge in [0.1, 0.15) is 27.2 Å². The SMILES string of the molecule is CCCCc1cc(OC2CCN(CCCS(=O)(=O)CC)CC2)c2ncccc2c1.Cl.Cl. The number of likely N-dealkylation sites (tertiary alicyclic amines) is 1. The van der Waals surface area contributed by atoms with Crippen molar-refractivity contribution in [3.8, 4) is 5.75 Å². The van der Waals surface area contributed by atoms with Crippen LogP contribution in [-0.4, -0.2) is 55.5 Å². The molecule has 1 aromatic carbocycles. The minimum atomic E-state index is -2.86. The first-order chi connectivity index (χ1) is 14.0. The summed E-state index contributed by atoms with van der Waals surface area (Å²) in [5, 5.41) is 1.14. The Bertz CT molecular complexity index is 901. The van der Waals surface area contributed by atoms with Crippen LogP contribution < -0.4 is 4.74 Å². The molecule has 1 saturated heterocycles. The molecule has 31 heavy (non-hydrogen) atoms. The third kappa shape index (κ3) is 8.41. The summed E-state index contributed by atoms with van der Waals surface area (Å²) in [5.41, 5.74) is 2.26. The van der Waals surface area contributed by atoms with E-state index in [9.17, 15) is 8.42 Å². The highest BCUT2D eigenvalue weighted by Gasteiger charge is 2.22. The van der Waals surface area contributed by atoms with Crippen molar-refractivity contribution in [3.63, 3.8) is 0 Å². The number of halogens is 2. The van der Waals surface area contributed by atoms with Crippen molar-refractivity contribution < 1.29 is 13.2 Å². The van der Waals surface area contributed by atoms with Gasteiger partial charge in [-0.05, 0) is 62.4 Å². The molecule has 0 bridgehead atoms. The van der Waals surface area contributed by atoms with E-state index in [1.165, 1.54) is 18.4 Å². The molecule has 0 amide bonds. The average Bonchev–Trinajstić information content (AvgIpc) is 2.73. The summed E-state index contributed by atoms with van der Waals surface area (Å²) in [7, 11) is -2.86. The van der Waals surface area contributed by atoms with Crippen LogP contribution in [0, 0.1) is 0 Å². The summed E-state index contributed by atoms with van der Waals surface area (Å²) in [6, 6.07) is 8.50. The molecule has 0 saturated carbocycles. The van der Waals surface area contributed by atoms with Gasteiger partial charge in [-0.3, -0.25) is 4.98 Å². The summed E-state index contributed by atoms with van der Waals surface area (Å²) in [5.74, 6) is 1.44. The molecule has 1 fully saturated rings. The smallest absolute Gasteiger partial charge is 0.150 e. The van der Waals surface area contributed by atoms with Gasteiger partial charge in [0.05, 0.1) is 5.75 Å². The van der Waals surface area contributed by atoms with Gasteiger partial charge in [0.15, 0.2) is 0 Å². The first kappa shape index (κ1) is 28.0. The molecule has 1 aliphatic heterocycles. The van der Waals surface area contributed by atoms with Gasteiger partial charge in [0.25, 0.3) is 0 Å². The van der Waals surface area contributed by atoms with Crippen LogP contribution in [-0.2, 0) is 16.3 Å². The molecule has 1 aliphatic rings. The summed E-state index contributed by atoms with van der Waals surface area (Å²) in [6.07, 6.45) is 8.09. The van der Waals surface area contributed by atoms with Gasteiger partial charge < -0.3 is 9.64 Å². The number of rotatable bonds is 10. The van der Waals surface area contributed by atoms with E-state index in [0.717, 1.165) is 62.0 Å². The molecule has 0 unspecified atom stereocenters. The molecule has 0 N–H and O–H groups in total. The molecular formula is C23H36Cl2N2O3S. The maximum Gasteiger partial charge on any atom is 0.150 e. The minimum Gasteiger partial charge on any atom is -0.488 e. The van der Waals surface area contributed by atoms with Gasteiger partial charge in [-0.25, -0.2) is 8.42 Å². The second-order valence-corrected chi connectivity index (χ2v) is 10.5. The van der Waals surface area contributed by atoms with Crippen LogP contribution in [0.4, 0.5) is 0 Å². The first-order valence-corrected chi connectivity index (χ1v) is 12.8. The van der Waals surface area contributed by atoms with Crippen molar-refractivity contribution >= 4 is 45.6 Å². The van der Waals surface area contributed by atoms with Crippen molar-refractivity contribution in [1.29, 1.82) is 0 Å². The lowest BCUT2D eigenvalue weighted by Crippen LogP contribution is -2.39. The van der Waals surface area contributed by atoms with E-state index in [1.54, 1.807) is 6.92 Å². The molecule has 2 heterocycles. The lowest BCUT2D eigenvalue weighted by Gasteiger charge is -2.32. The molecule has 5 nitrogen and oxygen atoms in total. The normalized spacial score (nSPS) is 15.3. The van der Waals surface area contributed by atoms with E-state index >= 15 is 0 Å². The Morgan fingerprint density at radius 3 is 2.55 bits per heavy atom. The average molecular weight is 492 g/mol. The topological polar surface area (TPSA) is 59.5 Å². The fourth-order valence-corrected chi connectivity index (χ4v) is 4.77. The molecule has 1 aromatic heterocycles. The quantitative estimate of drug-likeness (QED) is 0.464. The number of nitrogens with zero attached hydrogens (tertiary/aromatic N) is 2. The van der Waals surface area contributed by atoms with Crippen LogP contribution >= 0.6 is 24.8 Å². The highest BCUT2D eigenvalue weighted by molar-refractivity contribution is 7.91. The van der Waals surface area contributed by atoms with Gasteiger partial charge in [-0.2, -0.15) is 0 Å². The molecule has 2 aromatic rings. The Hall–Kier alpha value is -1.08. The highest BCUT2D eigenvalue weighted by atomic mass is 35.5. The maximum absolute atomic E-state index is 11.7. The van der Waals surface area contributed by atoms with Crippen molar-refractivity contribution in [3.05, 3.63) is 36.0 Å². The van der Waals surface area contributed by atoms with E-state index in [4.69, 9.17) is 4.74 Å². The van der Waals surface area contributed by atoms with Crippen molar-refractivity contribution in [2.24, 2.45) is 0 Å². The molecular weight excluding hydrogens is 455 g/mol. The number of ether oxygens (including phenoxy) is 1. The van der Waals surface area contributed by atoms with E-state index < -0.39 is 9.84 Å². The van der Waals surface area contributed by atoms with Crippen molar-refractivity contribution in [2.75, 3.05) is 31.1 Å². The van der Waals surface area contributed by atoms with Crippen LogP contribution in [0.3, 0.4) is 0 Å². The molecule has 176 valence electrons. The summed E-state index contributed by atoms with van der Waals surface area (Å²) >= 11 is 0. The van der Waals surface area contributed by atoms with Crippen LogP contribution in [0.25, 0.3) is 10.9 Å². The number of hydrogen-bond acceptors (Lipinski definition) is 5. The molecule has 3 rings (SSSR count). The number of fused-ring (bicyclic) bond motifs is 1. The molecule has 0 spiro atoms. The van der Waals surface area contributed by atoms with Gasteiger partial charge in [0.2, 0.25) is 0 Å². The third-order valence-corrected chi connectivity index (χ3v) is 7.54. The number of sulfone groups is 1. The minimum absolute atomic E-state index is 0. The molecule has 8 heteroatoms. The van der Waals surface area contributed by atoms with Gasteiger partial charge in [-0.15, -0.1) is 24.8 Å². The number of aromatic nitrogens is 1. The molecule has 0 radical (unpaired) electrons. The van der Waals surface area contributed by atoms with Crippen LogP contribution in [0.1, 0.15) is 51.5 Å². The fourth-order valence-electron chi connectivity index (χ4n) is 3.92. The van der Waals surface area contributed by atoms with Crippen LogP contribution in [0.15, 0.2) is 30.5 Å². The fraction of sp³-hybridized carbons (Fsp3) is 0.609. The Labute approximate surface area is 199 Å². The van der Waals surface area contributed by atoms with E-state index in [-0.39, 0.29) is 36.7 Å². The van der Waals surface area contributed by atoms with Gasteiger partial charge >= 0.3 is 0 Å². The molecule has 0 atom stereocenters. The number of hydrogen-bond donors (Lipinski definition) is 0. The van der Waals surface area contributed by atoms with E-state index in [2.05, 4.69) is 35.0 Å². The second-order valence-electron chi connectivity index (χ2n) is 8.02. The monoisotopic (exact) mass is 490 g/mol. The predicted octanol–water partition coefficient (Wildman–Crippen LogP) is 5.09. The van der Waals surface area contributed by atoms with E-state index in [0.29, 0.717) is 5.75 Å². The maximum atomic E-state index is 11.7. The van der Waals surface area contributed by atoms with Crippen molar-refractivity contribution in [2.45, 2.75) is 58.5 Å². The lowest BCUT2D eigenvalue weighted by atomic mass is 10.0. The number of piperidine rings is 1. The summed E-state index contributed by atoms with van der Waals surface area (Å²) in [6.45, 7) is 6.69. The highest BCUT2D eigenvalue weighted by Crippen LogP contribution is 2.29. The van der Waals surface area contributed by atoms with Crippen LogP contribution in [0.2, 0.25) is 0 Å². The number of pyridine rings is 1. The number of unbranched alkanes of at least 4 members (excludes halogenated alkanes) is 1. The Balaban J connectivity index is 0.00000240. The lowest BCUT2D eigenvalue weighted by molar-refractivity contribution is 0.102. The van der Waals surface area contributed by atoms with Crippen molar-refractivity contribution in [1.82, 2.24) is 9.88 Å². The second kappa shape index (κ2) is 13.5. The number of benzene rings is 1. The number of aryl methyl sites for hydroxylation is 1. The Morgan fingerprint density at radius 1 is 1.13 bits per heavy atom. The first-order valence-electron chi connectivity index (χ1n) is 11.0. The van der Waals surface area contributed by atoms with Gasteiger partial charge in [0, 0.05) is 30.4 Å². The Kier molecular flexibility index (Phi) is 12.1. The summed E-state index contributed by atoms with van der Waals surface area (Å²) in [4.78, 5) is 6.92. The van der Waals surface area contributed by atoms with Crippen LogP contribution in [0.5, 0.6) is 5.75 Å².